The zero-order valence-corrected chi connectivity index (χ0v) is 9.76. The minimum atomic E-state index is -4.66. The third-order valence-electron chi connectivity index (χ3n) is 2.28. The fourth-order valence-corrected chi connectivity index (χ4v) is 1.48. The van der Waals surface area contributed by atoms with Crippen LogP contribution < -0.4 is 10.1 Å². The number of phenols is 1. The summed E-state index contributed by atoms with van der Waals surface area (Å²) in [7, 11) is 2.51. The summed E-state index contributed by atoms with van der Waals surface area (Å²) >= 11 is 0. The SMILES string of the molecule is CNCC(=O)c1ccc(C(F)(F)F)c(OC)c1O. The molecular formula is C11H12F3NO3. The van der Waals surface area contributed by atoms with E-state index in [1.165, 1.54) is 7.05 Å². The van der Waals surface area contributed by atoms with Crippen molar-refractivity contribution < 1.29 is 27.8 Å². The second-order valence-electron chi connectivity index (χ2n) is 3.49. The van der Waals surface area contributed by atoms with Gasteiger partial charge in [0.1, 0.15) is 5.56 Å². The molecule has 2 N–H and O–H groups in total. The first-order valence-corrected chi connectivity index (χ1v) is 4.97. The Balaban J connectivity index is 3.33. The van der Waals surface area contributed by atoms with Gasteiger partial charge in [0.15, 0.2) is 17.3 Å². The van der Waals surface area contributed by atoms with Gasteiger partial charge in [-0.3, -0.25) is 4.79 Å². The standard InChI is InChI=1S/C11H12F3NO3/c1-15-5-8(16)6-3-4-7(11(12,13)14)10(18-2)9(6)17/h3-4,15,17H,5H2,1-2H3. The number of benzene rings is 1. The van der Waals surface area contributed by atoms with E-state index < -0.39 is 29.0 Å². The number of halogens is 3. The predicted molar refractivity (Wildman–Crippen MR) is 57.9 cm³/mol. The van der Waals surface area contributed by atoms with Gasteiger partial charge in [-0.25, -0.2) is 0 Å². The molecule has 0 aromatic heterocycles. The summed E-state index contributed by atoms with van der Waals surface area (Å²) in [5.74, 6) is -2.07. The second kappa shape index (κ2) is 5.26. The zero-order chi connectivity index (χ0) is 13.9. The highest BCUT2D eigenvalue weighted by Crippen LogP contribution is 2.42. The number of Topliss-reactive ketones (excluding diaryl/α,β-unsaturated/α-hetero) is 1. The van der Waals surface area contributed by atoms with Crippen LogP contribution in [0.1, 0.15) is 15.9 Å². The number of ether oxygens (including phenoxy) is 1. The summed E-state index contributed by atoms with van der Waals surface area (Å²) in [6.07, 6.45) is -4.66. The Morgan fingerprint density at radius 1 is 1.44 bits per heavy atom. The number of carbonyl (C=O) groups excluding carboxylic acids is 1. The number of phenolic OH excluding ortho intramolecular Hbond substituents is 1. The van der Waals surface area contributed by atoms with Crippen molar-refractivity contribution in [2.75, 3.05) is 20.7 Å². The molecule has 0 aliphatic heterocycles. The van der Waals surface area contributed by atoms with Crippen LogP contribution in [0.5, 0.6) is 11.5 Å². The lowest BCUT2D eigenvalue weighted by atomic mass is 10.0. The summed E-state index contributed by atoms with van der Waals surface area (Å²) in [5.41, 5.74) is -1.34. The molecule has 0 aliphatic carbocycles. The Morgan fingerprint density at radius 3 is 2.50 bits per heavy atom. The molecule has 0 amide bonds. The Morgan fingerprint density at radius 2 is 2.06 bits per heavy atom. The van der Waals surface area contributed by atoms with Crippen molar-refractivity contribution in [3.8, 4) is 11.5 Å². The third-order valence-corrected chi connectivity index (χ3v) is 2.28. The third kappa shape index (κ3) is 2.73. The van der Waals surface area contributed by atoms with Crippen molar-refractivity contribution in [1.82, 2.24) is 5.32 Å². The van der Waals surface area contributed by atoms with Crippen LogP contribution >= 0.6 is 0 Å². The first-order valence-electron chi connectivity index (χ1n) is 4.97. The highest BCUT2D eigenvalue weighted by Gasteiger charge is 2.36. The van der Waals surface area contributed by atoms with Gasteiger partial charge in [0.25, 0.3) is 0 Å². The number of methoxy groups -OCH3 is 1. The van der Waals surface area contributed by atoms with E-state index >= 15 is 0 Å². The normalized spacial score (nSPS) is 11.4. The summed E-state index contributed by atoms with van der Waals surface area (Å²) in [6.45, 7) is -0.0952. The lowest BCUT2D eigenvalue weighted by Crippen LogP contribution is -2.19. The molecule has 7 heteroatoms. The topological polar surface area (TPSA) is 58.6 Å². The van der Waals surface area contributed by atoms with Crippen LogP contribution in [0, 0.1) is 0 Å². The van der Waals surface area contributed by atoms with Gasteiger partial charge in [-0.2, -0.15) is 13.2 Å². The van der Waals surface area contributed by atoms with Crippen LogP contribution in [-0.2, 0) is 6.18 Å². The van der Waals surface area contributed by atoms with E-state index in [-0.39, 0.29) is 12.1 Å². The maximum absolute atomic E-state index is 12.6. The molecule has 1 aromatic carbocycles. The van der Waals surface area contributed by atoms with Crippen molar-refractivity contribution in [3.63, 3.8) is 0 Å². The maximum atomic E-state index is 12.6. The Labute approximate surface area is 101 Å². The largest absolute Gasteiger partial charge is 0.504 e. The van der Waals surface area contributed by atoms with Crippen LogP contribution in [0.15, 0.2) is 12.1 Å². The van der Waals surface area contributed by atoms with Gasteiger partial charge in [0.05, 0.1) is 19.2 Å². The summed E-state index contributed by atoms with van der Waals surface area (Å²) in [6, 6.07) is 1.64. The van der Waals surface area contributed by atoms with E-state index in [1.54, 1.807) is 0 Å². The van der Waals surface area contributed by atoms with Gasteiger partial charge in [0, 0.05) is 0 Å². The zero-order valence-electron chi connectivity index (χ0n) is 9.76. The number of aromatic hydroxyl groups is 1. The number of likely N-dealkylation sites (N-methyl/N-ethyl adjacent to an activating group) is 1. The van der Waals surface area contributed by atoms with E-state index in [0.29, 0.717) is 6.07 Å². The Kier molecular flexibility index (Phi) is 4.18. The average molecular weight is 263 g/mol. The minimum absolute atomic E-state index is 0.0952. The van der Waals surface area contributed by atoms with Crippen LogP contribution in [0.4, 0.5) is 13.2 Å². The van der Waals surface area contributed by atoms with Gasteiger partial charge in [-0.1, -0.05) is 0 Å². The fraction of sp³-hybridized carbons (Fsp3) is 0.364. The molecule has 1 rings (SSSR count). The molecule has 0 heterocycles. The molecule has 18 heavy (non-hydrogen) atoms. The van der Waals surface area contributed by atoms with Gasteiger partial charge < -0.3 is 15.2 Å². The first-order chi connectivity index (χ1) is 8.32. The van der Waals surface area contributed by atoms with Crippen molar-refractivity contribution in [2.24, 2.45) is 0 Å². The molecule has 100 valence electrons. The molecule has 0 saturated carbocycles. The van der Waals surface area contributed by atoms with Crippen molar-refractivity contribution >= 4 is 5.78 Å². The van der Waals surface area contributed by atoms with Crippen LogP contribution in [0.3, 0.4) is 0 Å². The molecule has 1 aromatic rings. The summed E-state index contributed by atoms with van der Waals surface area (Å²) in [4.78, 5) is 11.5. The number of alkyl halides is 3. The van der Waals surface area contributed by atoms with Crippen molar-refractivity contribution in [1.29, 1.82) is 0 Å². The van der Waals surface area contributed by atoms with E-state index in [4.69, 9.17) is 0 Å². The van der Waals surface area contributed by atoms with Crippen molar-refractivity contribution in [3.05, 3.63) is 23.3 Å². The molecule has 0 atom stereocenters. The molecular weight excluding hydrogens is 251 g/mol. The summed E-state index contributed by atoms with van der Waals surface area (Å²) in [5, 5.41) is 12.2. The fourth-order valence-electron chi connectivity index (χ4n) is 1.48. The van der Waals surface area contributed by atoms with Crippen LogP contribution in [0.2, 0.25) is 0 Å². The number of ketones is 1. The number of hydrogen-bond acceptors (Lipinski definition) is 4. The maximum Gasteiger partial charge on any atom is 0.420 e. The molecule has 0 aliphatic rings. The minimum Gasteiger partial charge on any atom is -0.504 e. The van der Waals surface area contributed by atoms with Crippen molar-refractivity contribution in [2.45, 2.75) is 6.18 Å². The Bertz CT molecular complexity index is 458. The molecule has 0 saturated heterocycles. The van der Waals surface area contributed by atoms with E-state index in [2.05, 4.69) is 10.1 Å². The van der Waals surface area contributed by atoms with Crippen LogP contribution in [0.25, 0.3) is 0 Å². The smallest absolute Gasteiger partial charge is 0.420 e. The predicted octanol–water partition coefficient (Wildman–Crippen LogP) is 1.82. The molecule has 0 bridgehead atoms. The number of nitrogens with one attached hydrogen (secondary N) is 1. The monoisotopic (exact) mass is 263 g/mol. The quantitative estimate of drug-likeness (QED) is 0.813. The van der Waals surface area contributed by atoms with E-state index in [9.17, 15) is 23.1 Å². The number of hydrogen-bond donors (Lipinski definition) is 2. The van der Waals surface area contributed by atoms with Gasteiger partial charge in [0.2, 0.25) is 0 Å². The molecule has 0 unspecified atom stereocenters. The lowest BCUT2D eigenvalue weighted by Gasteiger charge is -2.15. The first kappa shape index (κ1) is 14.3. The van der Waals surface area contributed by atoms with Gasteiger partial charge in [-0.05, 0) is 19.2 Å². The Hall–Kier alpha value is -1.76. The van der Waals surface area contributed by atoms with Gasteiger partial charge in [-0.15, -0.1) is 0 Å². The lowest BCUT2D eigenvalue weighted by molar-refractivity contribution is -0.138. The molecule has 0 fully saturated rings. The number of rotatable bonds is 4. The second-order valence-corrected chi connectivity index (χ2v) is 3.49. The molecule has 0 radical (unpaired) electrons. The average Bonchev–Trinajstić information content (AvgIpc) is 2.27. The number of carbonyl (C=O) groups is 1. The van der Waals surface area contributed by atoms with Gasteiger partial charge >= 0.3 is 6.18 Å². The van der Waals surface area contributed by atoms with E-state index in [1.807, 2.05) is 0 Å². The molecule has 0 spiro atoms. The van der Waals surface area contributed by atoms with E-state index in [0.717, 1.165) is 13.2 Å². The summed E-state index contributed by atoms with van der Waals surface area (Å²) < 4.78 is 42.4. The highest BCUT2D eigenvalue weighted by molar-refractivity contribution is 6.00. The van der Waals surface area contributed by atoms with Crippen LogP contribution in [-0.4, -0.2) is 31.6 Å². The molecule has 4 nitrogen and oxygen atoms in total. The highest BCUT2D eigenvalue weighted by atomic mass is 19.4.